The van der Waals surface area contributed by atoms with Gasteiger partial charge in [-0.2, -0.15) is 0 Å². The van der Waals surface area contributed by atoms with Gasteiger partial charge in [-0.05, 0) is 23.3 Å². The van der Waals surface area contributed by atoms with E-state index in [-0.39, 0.29) is 17.5 Å². The molecular weight excluding hydrogens is 274 g/mol. The monoisotopic (exact) mass is 291 g/mol. The zero-order chi connectivity index (χ0) is 15.4. The van der Waals surface area contributed by atoms with Crippen LogP contribution < -0.4 is 5.32 Å². The average Bonchev–Trinajstić information content (AvgIpc) is 2.57. The number of nitrogens with one attached hydrogen (secondary N) is 1. The second-order valence-corrected chi connectivity index (χ2v) is 5.10. The Bertz CT molecular complexity index is 702. The van der Waals surface area contributed by atoms with Crippen molar-refractivity contribution in [2.75, 3.05) is 5.32 Å². The number of benzene rings is 3. The molecule has 0 aliphatic heterocycles. The summed E-state index contributed by atoms with van der Waals surface area (Å²) in [6, 6.07) is 24.9. The van der Waals surface area contributed by atoms with Crippen molar-refractivity contribution in [1.82, 2.24) is 0 Å². The van der Waals surface area contributed by atoms with Crippen molar-refractivity contribution in [3.63, 3.8) is 0 Å². The normalized spacial score (nSPS) is 10.6. The third-order valence-electron chi connectivity index (χ3n) is 3.55. The van der Waals surface area contributed by atoms with E-state index in [9.17, 15) is 10.2 Å². The van der Waals surface area contributed by atoms with Gasteiger partial charge in [0.1, 0.15) is 0 Å². The molecule has 0 amide bonds. The number of hydrogen-bond donors (Lipinski definition) is 3. The fraction of sp³-hybridized carbons (Fsp3) is 0.0526. The lowest BCUT2D eigenvalue weighted by molar-refractivity contribution is 0.404. The number of phenols is 2. The summed E-state index contributed by atoms with van der Waals surface area (Å²) in [5.74, 6) is -0.258. The summed E-state index contributed by atoms with van der Waals surface area (Å²) in [5.41, 5.74) is 3.00. The molecule has 3 N–H and O–H groups in total. The Labute approximate surface area is 129 Å². The molecule has 110 valence electrons. The van der Waals surface area contributed by atoms with Gasteiger partial charge in [0.15, 0.2) is 11.5 Å². The largest absolute Gasteiger partial charge is 0.504 e. The van der Waals surface area contributed by atoms with Crippen LogP contribution in [0.5, 0.6) is 11.5 Å². The van der Waals surface area contributed by atoms with E-state index in [2.05, 4.69) is 29.6 Å². The van der Waals surface area contributed by atoms with Gasteiger partial charge in [0.25, 0.3) is 0 Å². The zero-order valence-electron chi connectivity index (χ0n) is 12.0. The van der Waals surface area contributed by atoms with E-state index in [1.165, 1.54) is 12.1 Å². The van der Waals surface area contributed by atoms with Gasteiger partial charge >= 0.3 is 0 Å². The van der Waals surface area contributed by atoms with E-state index in [1.807, 2.05) is 36.4 Å². The van der Waals surface area contributed by atoms with Crippen molar-refractivity contribution in [1.29, 1.82) is 0 Å². The van der Waals surface area contributed by atoms with Gasteiger partial charge in [0, 0.05) is 11.8 Å². The fourth-order valence-electron chi connectivity index (χ4n) is 2.43. The second kappa shape index (κ2) is 6.22. The molecule has 0 heterocycles. The van der Waals surface area contributed by atoms with Crippen LogP contribution in [0, 0.1) is 0 Å². The molecule has 3 aromatic carbocycles. The Hall–Kier alpha value is -2.94. The first kappa shape index (κ1) is 14.0. The fourth-order valence-corrected chi connectivity index (χ4v) is 2.43. The van der Waals surface area contributed by atoms with Crippen LogP contribution in [0.3, 0.4) is 0 Å². The average molecular weight is 291 g/mol. The van der Waals surface area contributed by atoms with E-state index in [0.717, 1.165) is 16.8 Å². The van der Waals surface area contributed by atoms with Crippen molar-refractivity contribution >= 4 is 5.69 Å². The lowest BCUT2D eigenvalue weighted by Crippen LogP contribution is -2.12. The highest BCUT2D eigenvalue weighted by molar-refractivity contribution is 5.56. The van der Waals surface area contributed by atoms with Gasteiger partial charge in [-0.1, -0.05) is 60.7 Å². The zero-order valence-corrected chi connectivity index (χ0v) is 12.0. The molecule has 0 radical (unpaired) electrons. The summed E-state index contributed by atoms with van der Waals surface area (Å²) in [5, 5.41) is 22.5. The number of aromatic hydroxyl groups is 2. The van der Waals surface area contributed by atoms with Crippen LogP contribution in [0.15, 0.2) is 78.9 Å². The predicted molar refractivity (Wildman–Crippen MR) is 88.1 cm³/mol. The molecule has 0 fully saturated rings. The quantitative estimate of drug-likeness (QED) is 0.496. The van der Waals surface area contributed by atoms with Gasteiger partial charge < -0.3 is 15.5 Å². The summed E-state index contributed by atoms with van der Waals surface area (Å²) in [4.78, 5) is 0. The maximum atomic E-state index is 9.66. The highest BCUT2D eigenvalue weighted by atomic mass is 16.3. The van der Waals surface area contributed by atoms with E-state index in [1.54, 1.807) is 6.07 Å². The molecule has 3 heteroatoms. The van der Waals surface area contributed by atoms with E-state index in [0.29, 0.717) is 0 Å². The third kappa shape index (κ3) is 3.04. The Morgan fingerprint density at radius 2 is 1.18 bits per heavy atom. The van der Waals surface area contributed by atoms with Crippen molar-refractivity contribution in [3.05, 3.63) is 90.0 Å². The van der Waals surface area contributed by atoms with Crippen LogP contribution in [-0.4, -0.2) is 10.2 Å². The molecule has 0 saturated carbocycles. The molecule has 3 nitrogen and oxygen atoms in total. The van der Waals surface area contributed by atoms with Crippen molar-refractivity contribution in [2.24, 2.45) is 0 Å². The first-order valence-corrected chi connectivity index (χ1v) is 7.12. The molecule has 22 heavy (non-hydrogen) atoms. The highest BCUT2D eigenvalue weighted by Gasteiger charge is 2.14. The van der Waals surface area contributed by atoms with Gasteiger partial charge in [-0.15, -0.1) is 0 Å². The van der Waals surface area contributed by atoms with Gasteiger partial charge in [-0.3, -0.25) is 0 Å². The summed E-state index contributed by atoms with van der Waals surface area (Å²) < 4.78 is 0. The van der Waals surface area contributed by atoms with Gasteiger partial charge in [0.2, 0.25) is 0 Å². The predicted octanol–water partition coefficient (Wildman–Crippen LogP) is 4.30. The molecule has 0 saturated heterocycles. The lowest BCUT2D eigenvalue weighted by atomic mass is 9.98. The minimum Gasteiger partial charge on any atom is -0.504 e. The van der Waals surface area contributed by atoms with E-state index >= 15 is 0 Å². The molecule has 3 aromatic rings. The SMILES string of the molecule is Oc1ccc(NC(c2ccccc2)c2ccccc2)cc1O. The minimum absolute atomic E-state index is 0.0358. The van der Waals surface area contributed by atoms with Crippen LogP contribution in [-0.2, 0) is 0 Å². The molecule has 0 atom stereocenters. The van der Waals surface area contributed by atoms with Crippen LogP contribution in [0.25, 0.3) is 0 Å². The van der Waals surface area contributed by atoms with Gasteiger partial charge in [0.05, 0.1) is 6.04 Å². The van der Waals surface area contributed by atoms with Crippen molar-refractivity contribution in [2.45, 2.75) is 6.04 Å². The van der Waals surface area contributed by atoms with E-state index in [4.69, 9.17) is 0 Å². The topological polar surface area (TPSA) is 52.5 Å². The summed E-state index contributed by atoms with van der Waals surface area (Å²) >= 11 is 0. The van der Waals surface area contributed by atoms with Gasteiger partial charge in [-0.25, -0.2) is 0 Å². The summed E-state index contributed by atoms with van der Waals surface area (Å²) in [6.07, 6.45) is 0. The van der Waals surface area contributed by atoms with Crippen molar-refractivity contribution in [3.8, 4) is 11.5 Å². The maximum Gasteiger partial charge on any atom is 0.159 e. The molecule has 0 spiro atoms. The molecule has 0 aromatic heterocycles. The van der Waals surface area contributed by atoms with Crippen LogP contribution in [0.2, 0.25) is 0 Å². The molecule has 3 rings (SSSR count). The molecule has 0 unspecified atom stereocenters. The Kier molecular flexibility index (Phi) is 3.97. The molecule has 0 aliphatic rings. The first-order chi connectivity index (χ1) is 10.7. The lowest BCUT2D eigenvalue weighted by Gasteiger charge is -2.21. The molecular formula is C19H17NO2. The molecule has 0 aliphatic carbocycles. The standard InChI is InChI=1S/C19H17NO2/c21-17-12-11-16(13-18(17)22)20-19(14-7-3-1-4-8-14)15-9-5-2-6-10-15/h1-13,19-22H. The second-order valence-electron chi connectivity index (χ2n) is 5.10. The number of hydrogen-bond acceptors (Lipinski definition) is 3. The highest BCUT2D eigenvalue weighted by Crippen LogP contribution is 2.31. The smallest absolute Gasteiger partial charge is 0.159 e. The van der Waals surface area contributed by atoms with E-state index < -0.39 is 0 Å². The van der Waals surface area contributed by atoms with Crippen LogP contribution in [0.1, 0.15) is 17.2 Å². The minimum atomic E-state index is -0.134. The Morgan fingerprint density at radius 1 is 0.636 bits per heavy atom. The Balaban J connectivity index is 1.97. The number of phenolic OH excluding ortho intramolecular Hbond substituents is 2. The third-order valence-corrected chi connectivity index (χ3v) is 3.55. The summed E-state index contributed by atoms with van der Waals surface area (Å²) in [6.45, 7) is 0. The number of rotatable bonds is 4. The Morgan fingerprint density at radius 3 is 1.68 bits per heavy atom. The first-order valence-electron chi connectivity index (χ1n) is 7.12. The maximum absolute atomic E-state index is 9.66. The number of anilines is 1. The van der Waals surface area contributed by atoms with Crippen molar-refractivity contribution < 1.29 is 10.2 Å². The van der Waals surface area contributed by atoms with Crippen LogP contribution in [0.4, 0.5) is 5.69 Å². The molecule has 0 bridgehead atoms. The summed E-state index contributed by atoms with van der Waals surface area (Å²) in [7, 11) is 0. The van der Waals surface area contributed by atoms with Crippen LogP contribution >= 0.6 is 0 Å².